The van der Waals surface area contributed by atoms with Crippen LogP contribution in [0.5, 0.6) is 5.75 Å². The van der Waals surface area contributed by atoms with Crippen molar-refractivity contribution in [2.45, 2.75) is 45.1 Å². The molecule has 0 radical (unpaired) electrons. The van der Waals surface area contributed by atoms with Crippen LogP contribution in [0.15, 0.2) is 66.7 Å². The summed E-state index contributed by atoms with van der Waals surface area (Å²) in [7, 11) is 3.19. The van der Waals surface area contributed by atoms with E-state index in [9.17, 15) is 14.4 Å². The highest BCUT2D eigenvalue weighted by Gasteiger charge is 2.52. The predicted molar refractivity (Wildman–Crippen MR) is 149 cm³/mol. The van der Waals surface area contributed by atoms with E-state index < -0.39 is 12.2 Å². The van der Waals surface area contributed by atoms with Crippen molar-refractivity contribution in [1.29, 1.82) is 0 Å². The Bertz CT molecular complexity index is 1370. The second-order valence-corrected chi connectivity index (χ2v) is 10.3. The molecule has 4 amide bonds. The lowest BCUT2D eigenvalue weighted by molar-refractivity contribution is -0.158. The molecule has 0 aliphatic carbocycles. The number of nitrogens with zero attached hydrogens (tertiary/aromatic N) is 4. The maximum absolute atomic E-state index is 14.1. The molecule has 2 aliphatic heterocycles. The smallest absolute Gasteiger partial charge is 0.331 e. The van der Waals surface area contributed by atoms with Crippen LogP contribution in [0.2, 0.25) is 0 Å². The molecule has 2 aliphatic rings. The van der Waals surface area contributed by atoms with Crippen LogP contribution in [0.4, 0.5) is 4.79 Å². The summed E-state index contributed by atoms with van der Waals surface area (Å²) in [4.78, 5) is 44.0. The summed E-state index contributed by atoms with van der Waals surface area (Å²) in [6.07, 6.45) is -0.0970. The largest absolute Gasteiger partial charge is 0.497 e. The van der Waals surface area contributed by atoms with Crippen LogP contribution in [0.3, 0.4) is 0 Å². The Morgan fingerprint density at radius 2 is 1.77 bits per heavy atom. The Kier molecular flexibility index (Phi) is 7.43. The maximum atomic E-state index is 14.1. The zero-order chi connectivity index (χ0) is 27.7. The number of carbonyl (C=O) groups is 3. The van der Waals surface area contributed by atoms with Gasteiger partial charge in [0, 0.05) is 26.1 Å². The van der Waals surface area contributed by atoms with Gasteiger partial charge in [0.25, 0.3) is 0 Å². The highest BCUT2D eigenvalue weighted by atomic mass is 16.5. The van der Waals surface area contributed by atoms with Crippen molar-refractivity contribution >= 4 is 28.6 Å². The molecule has 3 aromatic carbocycles. The van der Waals surface area contributed by atoms with Crippen molar-refractivity contribution in [2.75, 3.05) is 27.2 Å². The van der Waals surface area contributed by atoms with Gasteiger partial charge >= 0.3 is 6.03 Å². The van der Waals surface area contributed by atoms with Gasteiger partial charge in [-0.2, -0.15) is 5.01 Å². The maximum Gasteiger partial charge on any atom is 0.331 e. The Morgan fingerprint density at radius 3 is 2.46 bits per heavy atom. The first-order valence-electron chi connectivity index (χ1n) is 13.3. The number of piperazine rings is 1. The Labute approximate surface area is 228 Å². The number of methoxy groups -OCH3 is 1. The first-order chi connectivity index (χ1) is 18.8. The number of benzene rings is 3. The van der Waals surface area contributed by atoms with Crippen LogP contribution in [0.25, 0.3) is 10.8 Å². The van der Waals surface area contributed by atoms with E-state index in [1.807, 2.05) is 72.3 Å². The molecular weight excluding hydrogens is 494 g/mol. The molecule has 2 fully saturated rings. The van der Waals surface area contributed by atoms with Gasteiger partial charge in [0.1, 0.15) is 18.0 Å². The lowest BCUT2D eigenvalue weighted by atomic mass is 9.99. The van der Waals surface area contributed by atoms with Crippen LogP contribution in [-0.2, 0) is 22.6 Å². The fraction of sp³-hybridized carbons (Fsp3) is 0.367. The van der Waals surface area contributed by atoms with Crippen LogP contribution >= 0.6 is 0 Å². The van der Waals surface area contributed by atoms with Gasteiger partial charge in [-0.1, -0.05) is 54.6 Å². The van der Waals surface area contributed by atoms with Gasteiger partial charge in [0.05, 0.1) is 20.2 Å². The van der Waals surface area contributed by atoms with Gasteiger partial charge in [0.15, 0.2) is 0 Å². The van der Waals surface area contributed by atoms with E-state index in [4.69, 9.17) is 4.74 Å². The number of hydrazine groups is 1. The Morgan fingerprint density at radius 1 is 1.05 bits per heavy atom. The number of ether oxygens (including phenoxy) is 1. The number of nitrogens with one attached hydrogen (secondary N) is 1. The second-order valence-electron chi connectivity index (χ2n) is 10.3. The predicted octanol–water partition coefficient (Wildman–Crippen LogP) is 3.24. The number of urea groups is 1. The number of hydrogen-bond acceptors (Lipinski definition) is 5. The summed E-state index contributed by atoms with van der Waals surface area (Å²) in [5.74, 6) is 0.471. The van der Waals surface area contributed by atoms with Gasteiger partial charge in [-0.15, -0.1) is 0 Å². The summed E-state index contributed by atoms with van der Waals surface area (Å²) in [5.41, 5.74) is 1.97. The van der Waals surface area contributed by atoms with Gasteiger partial charge < -0.3 is 19.9 Å². The van der Waals surface area contributed by atoms with Gasteiger partial charge in [-0.3, -0.25) is 14.6 Å². The minimum absolute atomic E-state index is 0.0325. The van der Waals surface area contributed by atoms with Crippen molar-refractivity contribution in [2.24, 2.45) is 0 Å². The topological polar surface area (TPSA) is 85.4 Å². The first-order valence-corrected chi connectivity index (χ1v) is 13.3. The Hall–Kier alpha value is -4.11. The van der Waals surface area contributed by atoms with E-state index in [1.54, 1.807) is 24.1 Å². The molecule has 0 aromatic heterocycles. The van der Waals surface area contributed by atoms with Crippen LogP contribution in [0.1, 0.15) is 25.0 Å². The molecule has 3 aromatic rings. The van der Waals surface area contributed by atoms with Gasteiger partial charge in [0.2, 0.25) is 11.8 Å². The molecule has 2 saturated heterocycles. The molecule has 0 bridgehead atoms. The van der Waals surface area contributed by atoms with Crippen LogP contribution in [0, 0.1) is 0 Å². The standard InChI is InChI=1S/C30H35N5O4/c1-20(2)35(30(38)31-3)33-19-28(36)34-26(16-21-12-14-24(39-4)15-13-21)29(37)32(18-27(33)34)17-23-10-7-9-22-8-5-6-11-25(22)23/h5-15,20,26-27H,16-19H2,1-4H3,(H,31,38)/t26-,27+/m0/s1. The lowest BCUT2D eigenvalue weighted by Gasteiger charge is -2.47. The third-order valence-corrected chi connectivity index (χ3v) is 7.58. The lowest BCUT2D eigenvalue weighted by Crippen LogP contribution is -2.66. The minimum Gasteiger partial charge on any atom is -0.497 e. The summed E-state index contributed by atoms with van der Waals surface area (Å²) in [6, 6.07) is 20.7. The van der Waals surface area contributed by atoms with Crippen molar-refractivity contribution in [3.05, 3.63) is 77.9 Å². The van der Waals surface area contributed by atoms with Gasteiger partial charge in [-0.25, -0.2) is 4.79 Å². The Balaban J connectivity index is 1.52. The normalized spacial score (nSPS) is 19.5. The van der Waals surface area contributed by atoms with Crippen molar-refractivity contribution in [1.82, 2.24) is 25.1 Å². The quantitative estimate of drug-likeness (QED) is 0.508. The minimum atomic E-state index is -0.691. The molecule has 0 spiro atoms. The van der Waals surface area contributed by atoms with E-state index in [0.717, 1.165) is 27.6 Å². The monoisotopic (exact) mass is 529 g/mol. The SMILES string of the molecule is CNC(=O)N(C(C)C)N1CC(=O)N2[C@@H](Cc3ccc(OC)cc3)C(=O)N(Cc3cccc4ccccc34)C[C@@H]21. The second kappa shape index (κ2) is 10.9. The molecule has 9 nitrogen and oxygen atoms in total. The van der Waals surface area contributed by atoms with E-state index in [1.165, 1.54) is 0 Å². The third-order valence-electron chi connectivity index (χ3n) is 7.58. The molecule has 1 N–H and O–H groups in total. The number of amides is 4. The highest BCUT2D eigenvalue weighted by molar-refractivity contribution is 5.92. The fourth-order valence-electron chi connectivity index (χ4n) is 5.75. The van der Waals surface area contributed by atoms with Crippen LogP contribution in [-0.4, -0.2) is 83.2 Å². The summed E-state index contributed by atoms with van der Waals surface area (Å²) in [6.45, 7) is 4.57. The zero-order valence-electron chi connectivity index (χ0n) is 22.8. The van der Waals surface area contributed by atoms with Crippen molar-refractivity contribution in [3.63, 3.8) is 0 Å². The fourth-order valence-corrected chi connectivity index (χ4v) is 5.75. The van der Waals surface area contributed by atoms with Crippen LogP contribution < -0.4 is 10.1 Å². The van der Waals surface area contributed by atoms with E-state index in [2.05, 4.69) is 23.5 Å². The number of carbonyl (C=O) groups excluding carboxylic acids is 3. The summed E-state index contributed by atoms with van der Waals surface area (Å²) in [5, 5.41) is 8.31. The third kappa shape index (κ3) is 5.02. The van der Waals surface area contributed by atoms with E-state index >= 15 is 0 Å². The van der Waals surface area contributed by atoms with Gasteiger partial charge in [-0.05, 0) is 47.9 Å². The average molecular weight is 530 g/mol. The molecular formula is C30H35N5O4. The summed E-state index contributed by atoms with van der Waals surface area (Å²) < 4.78 is 5.29. The molecule has 0 saturated carbocycles. The number of fused-ring (bicyclic) bond motifs is 2. The molecule has 9 heteroatoms. The molecule has 5 rings (SSSR count). The number of hydrogen-bond donors (Lipinski definition) is 1. The molecule has 2 heterocycles. The molecule has 2 atom stereocenters. The van der Waals surface area contributed by atoms with Crippen molar-refractivity contribution < 1.29 is 19.1 Å². The number of rotatable bonds is 7. The summed E-state index contributed by atoms with van der Waals surface area (Å²) >= 11 is 0. The molecule has 39 heavy (non-hydrogen) atoms. The van der Waals surface area contributed by atoms with E-state index in [0.29, 0.717) is 19.5 Å². The highest BCUT2D eigenvalue weighted by Crippen LogP contribution is 2.32. The molecule has 204 valence electrons. The zero-order valence-corrected chi connectivity index (χ0v) is 22.8. The average Bonchev–Trinajstić information content (AvgIpc) is 3.26. The van der Waals surface area contributed by atoms with E-state index in [-0.39, 0.29) is 30.4 Å². The first kappa shape index (κ1) is 26.5. The van der Waals surface area contributed by atoms with Crippen molar-refractivity contribution in [3.8, 4) is 5.75 Å². The molecule has 0 unspecified atom stereocenters.